The van der Waals surface area contributed by atoms with E-state index in [4.69, 9.17) is 0 Å². The number of carboxylic acids is 1. The highest BCUT2D eigenvalue weighted by molar-refractivity contribution is 8.00. The van der Waals surface area contributed by atoms with E-state index in [2.05, 4.69) is 11.4 Å². The zero-order chi connectivity index (χ0) is 14.5. The van der Waals surface area contributed by atoms with E-state index in [1.54, 1.807) is 0 Å². The number of hydrogen-bond donors (Lipinski definition) is 1. The monoisotopic (exact) mass is 309 g/mol. The van der Waals surface area contributed by atoms with Crippen molar-refractivity contribution in [3.63, 3.8) is 0 Å². The number of nitrogens with zero attached hydrogens (tertiary/aromatic N) is 1. The van der Waals surface area contributed by atoms with E-state index in [0.29, 0.717) is 10.6 Å². The standard InChI is InChI=1S/C13H14N2O3S2/c14-5-9-8-3-1-2-4-10(8)20-13(9)15-11(16)6-19-7-12(17)18/h1-4,6-7H2,(H,15,16)(H,17,18)/p-1. The van der Waals surface area contributed by atoms with Crippen molar-refractivity contribution < 1.29 is 14.7 Å². The first kappa shape index (κ1) is 14.9. The summed E-state index contributed by atoms with van der Waals surface area (Å²) in [6, 6.07) is 2.17. The van der Waals surface area contributed by atoms with Crippen LogP contribution in [-0.4, -0.2) is 23.4 Å². The number of thiophene rings is 1. The molecule has 0 spiro atoms. The lowest BCUT2D eigenvalue weighted by molar-refractivity contribution is -0.301. The Balaban J connectivity index is 2.02. The Morgan fingerprint density at radius 2 is 2.10 bits per heavy atom. The van der Waals surface area contributed by atoms with Crippen molar-refractivity contribution in [3.8, 4) is 6.07 Å². The lowest BCUT2D eigenvalue weighted by Crippen LogP contribution is -2.25. The average molecular weight is 309 g/mol. The summed E-state index contributed by atoms with van der Waals surface area (Å²) in [7, 11) is 0. The van der Waals surface area contributed by atoms with E-state index in [0.717, 1.165) is 43.0 Å². The topological polar surface area (TPSA) is 93.0 Å². The van der Waals surface area contributed by atoms with Gasteiger partial charge in [-0.15, -0.1) is 23.1 Å². The SMILES string of the molecule is N#Cc1c(NC(=O)CSCC(=O)[O-])sc2c1CCCC2. The molecule has 20 heavy (non-hydrogen) atoms. The number of anilines is 1. The van der Waals surface area contributed by atoms with Gasteiger partial charge in [-0.25, -0.2) is 0 Å². The largest absolute Gasteiger partial charge is 0.549 e. The molecule has 1 aromatic heterocycles. The first-order valence-corrected chi connectivity index (χ1v) is 8.21. The predicted octanol–water partition coefficient (Wildman–Crippen LogP) is 0.920. The molecule has 7 heteroatoms. The Morgan fingerprint density at radius 1 is 1.35 bits per heavy atom. The van der Waals surface area contributed by atoms with Gasteiger partial charge in [0.05, 0.1) is 17.3 Å². The highest BCUT2D eigenvalue weighted by Gasteiger charge is 2.21. The number of aliphatic carboxylic acids is 1. The van der Waals surface area contributed by atoms with Gasteiger partial charge in [-0.2, -0.15) is 5.26 Å². The van der Waals surface area contributed by atoms with Gasteiger partial charge in [-0.05, 0) is 31.2 Å². The van der Waals surface area contributed by atoms with E-state index in [1.165, 1.54) is 16.2 Å². The van der Waals surface area contributed by atoms with Gasteiger partial charge in [0.25, 0.3) is 0 Å². The lowest BCUT2D eigenvalue weighted by Gasteiger charge is -2.09. The molecule has 0 saturated heterocycles. The Hall–Kier alpha value is -1.52. The summed E-state index contributed by atoms with van der Waals surface area (Å²) in [5, 5.41) is 22.8. The van der Waals surface area contributed by atoms with E-state index < -0.39 is 5.97 Å². The van der Waals surface area contributed by atoms with Crippen LogP contribution in [0.25, 0.3) is 0 Å². The van der Waals surface area contributed by atoms with Crippen LogP contribution in [-0.2, 0) is 22.4 Å². The summed E-state index contributed by atoms with van der Waals surface area (Å²) in [5.74, 6) is -1.64. The third kappa shape index (κ3) is 3.52. The van der Waals surface area contributed by atoms with Crippen LogP contribution in [0.2, 0.25) is 0 Å². The van der Waals surface area contributed by atoms with Gasteiger partial charge in [0.1, 0.15) is 11.1 Å². The van der Waals surface area contributed by atoms with Crippen molar-refractivity contribution >= 4 is 40.0 Å². The van der Waals surface area contributed by atoms with Crippen molar-refractivity contribution in [2.75, 3.05) is 16.8 Å². The molecule has 1 aliphatic carbocycles. The van der Waals surface area contributed by atoms with Crippen LogP contribution in [0.15, 0.2) is 0 Å². The molecule has 0 atom stereocenters. The number of carbonyl (C=O) groups excluding carboxylic acids is 2. The van der Waals surface area contributed by atoms with Gasteiger partial charge >= 0.3 is 0 Å². The zero-order valence-electron chi connectivity index (χ0n) is 10.7. The second kappa shape index (κ2) is 6.77. The predicted molar refractivity (Wildman–Crippen MR) is 76.6 cm³/mol. The molecule has 0 bridgehead atoms. The van der Waals surface area contributed by atoms with Gasteiger partial charge in [0.2, 0.25) is 5.91 Å². The van der Waals surface area contributed by atoms with Crippen LogP contribution in [0, 0.1) is 11.3 Å². The molecular weight excluding hydrogens is 296 g/mol. The first-order chi connectivity index (χ1) is 9.61. The minimum absolute atomic E-state index is 0.0431. The van der Waals surface area contributed by atoms with Crippen LogP contribution in [0.5, 0.6) is 0 Å². The number of hydrogen-bond acceptors (Lipinski definition) is 6. The number of nitriles is 1. The molecule has 1 aliphatic rings. The number of amides is 1. The quantitative estimate of drug-likeness (QED) is 0.873. The van der Waals surface area contributed by atoms with E-state index in [9.17, 15) is 20.0 Å². The van der Waals surface area contributed by atoms with Crippen LogP contribution in [0.4, 0.5) is 5.00 Å². The summed E-state index contributed by atoms with van der Waals surface area (Å²) in [6.45, 7) is 0. The smallest absolute Gasteiger partial charge is 0.235 e. The van der Waals surface area contributed by atoms with Gasteiger partial charge in [-0.3, -0.25) is 4.79 Å². The Morgan fingerprint density at radius 3 is 2.80 bits per heavy atom. The summed E-state index contributed by atoms with van der Waals surface area (Å²) >= 11 is 2.45. The second-order valence-corrected chi connectivity index (χ2v) is 6.53. The minimum Gasteiger partial charge on any atom is -0.549 e. The molecule has 1 amide bonds. The number of rotatable bonds is 5. The van der Waals surface area contributed by atoms with Gasteiger partial charge in [0, 0.05) is 10.6 Å². The molecule has 5 nitrogen and oxygen atoms in total. The Bertz CT molecular complexity index is 575. The molecule has 1 N–H and O–H groups in total. The molecule has 106 valence electrons. The average Bonchev–Trinajstić information content (AvgIpc) is 2.75. The van der Waals surface area contributed by atoms with E-state index in [1.807, 2.05) is 0 Å². The van der Waals surface area contributed by atoms with Crippen molar-refractivity contribution in [2.45, 2.75) is 25.7 Å². The maximum atomic E-state index is 11.7. The van der Waals surface area contributed by atoms with Gasteiger partial charge in [-0.1, -0.05) is 0 Å². The zero-order valence-corrected chi connectivity index (χ0v) is 12.4. The molecule has 2 rings (SSSR count). The molecule has 1 aromatic rings. The van der Waals surface area contributed by atoms with Crippen LogP contribution in [0.3, 0.4) is 0 Å². The Labute approximate surface area is 125 Å². The van der Waals surface area contributed by atoms with Crippen LogP contribution < -0.4 is 10.4 Å². The van der Waals surface area contributed by atoms with E-state index >= 15 is 0 Å². The minimum atomic E-state index is -1.19. The molecule has 1 heterocycles. The van der Waals surface area contributed by atoms with Crippen molar-refractivity contribution in [3.05, 3.63) is 16.0 Å². The number of carbonyl (C=O) groups is 2. The van der Waals surface area contributed by atoms with Gasteiger partial charge < -0.3 is 15.2 Å². The summed E-state index contributed by atoms with van der Waals surface area (Å²) in [4.78, 5) is 23.2. The van der Waals surface area contributed by atoms with Crippen LogP contribution in [0.1, 0.15) is 28.8 Å². The lowest BCUT2D eigenvalue weighted by atomic mass is 9.96. The third-order valence-corrected chi connectivity index (χ3v) is 5.10. The highest BCUT2D eigenvalue weighted by Crippen LogP contribution is 2.37. The maximum Gasteiger partial charge on any atom is 0.235 e. The molecule has 0 fully saturated rings. The van der Waals surface area contributed by atoms with E-state index in [-0.39, 0.29) is 17.4 Å². The molecular formula is C13H13N2O3S2-. The van der Waals surface area contributed by atoms with Gasteiger partial charge in [0.15, 0.2) is 0 Å². The third-order valence-electron chi connectivity index (χ3n) is 2.99. The Kier molecular flexibility index (Phi) is 5.04. The number of nitrogens with one attached hydrogen (secondary N) is 1. The molecule has 0 aliphatic heterocycles. The summed E-state index contributed by atoms with van der Waals surface area (Å²) in [6.07, 6.45) is 4.05. The van der Waals surface area contributed by atoms with Crippen molar-refractivity contribution in [1.82, 2.24) is 0 Å². The van der Waals surface area contributed by atoms with Crippen molar-refractivity contribution in [2.24, 2.45) is 0 Å². The number of thioether (sulfide) groups is 1. The highest BCUT2D eigenvalue weighted by atomic mass is 32.2. The molecule has 0 radical (unpaired) electrons. The summed E-state index contributed by atoms with van der Waals surface area (Å²) in [5.41, 5.74) is 1.64. The fourth-order valence-corrected chi connectivity index (χ4v) is 3.94. The first-order valence-electron chi connectivity index (χ1n) is 6.24. The summed E-state index contributed by atoms with van der Waals surface area (Å²) < 4.78 is 0. The molecule has 0 unspecified atom stereocenters. The van der Waals surface area contributed by atoms with Crippen LogP contribution >= 0.6 is 23.1 Å². The number of carboxylic acid groups (broad SMARTS) is 1. The number of fused-ring (bicyclic) bond motifs is 1. The second-order valence-electron chi connectivity index (χ2n) is 4.44. The maximum absolute atomic E-state index is 11.7. The molecule has 0 saturated carbocycles. The van der Waals surface area contributed by atoms with Crippen molar-refractivity contribution in [1.29, 1.82) is 5.26 Å². The fourth-order valence-electron chi connectivity index (χ4n) is 2.16. The molecule has 0 aromatic carbocycles. The normalized spacial score (nSPS) is 13.3. The number of aryl methyl sites for hydroxylation is 1. The fraction of sp³-hybridized carbons (Fsp3) is 0.462.